The summed E-state index contributed by atoms with van der Waals surface area (Å²) in [5.74, 6) is -0.124. The minimum atomic E-state index is -0.124. The minimum absolute atomic E-state index is 0.0191. The maximum atomic E-state index is 12.0. The van der Waals surface area contributed by atoms with E-state index in [-0.39, 0.29) is 20.4 Å². The molecule has 94 valence electrons. The van der Waals surface area contributed by atoms with Crippen molar-refractivity contribution >= 4 is 50.8 Å². The first-order valence-corrected chi connectivity index (χ1v) is 8.01. The van der Waals surface area contributed by atoms with E-state index in [1.165, 1.54) is 0 Å². The Hall–Kier alpha value is -1.49. The van der Waals surface area contributed by atoms with Crippen molar-refractivity contribution in [3.63, 3.8) is 0 Å². The third kappa shape index (κ3) is 2.76. The van der Waals surface area contributed by atoms with Gasteiger partial charge in [-0.3, -0.25) is 0 Å². The number of rotatable bonds is 2. The Kier molecular flexibility index (Phi) is 3.46. The SMILES string of the molecule is O=C(Nc1nc2cnc(Br)cc2[se]1)c1ccccc1. The molecule has 0 aliphatic rings. The number of halogens is 1. The number of hydrogen-bond acceptors (Lipinski definition) is 3. The average Bonchev–Trinajstić information content (AvgIpc) is 2.81. The topological polar surface area (TPSA) is 54.9 Å². The van der Waals surface area contributed by atoms with Crippen molar-refractivity contribution in [3.05, 3.63) is 52.8 Å². The van der Waals surface area contributed by atoms with Crippen molar-refractivity contribution in [1.29, 1.82) is 0 Å². The van der Waals surface area contributed by atoms with Gasteiger partial charge in [0.15, 0.2) is 0 Å². The summed E-state index contributed by atoms with van der Waals surface area (Å²) in [5.41, 5.74) is 1.47. The van der Waals surface area contributed by atoms with Gasteiger partial charge < -0.3 is 0 Å². The fourth-order valence-corrected chi connectivity index (χ4v) is 4.12. The van der Waals surface area contributed by atoms with Gasteiger partial charge in [-0.05, 0) is 0 Å². The number of nitrogens with one attached hydrogen (secondary N) is 1. The summed E-state index contributed by atoms with van der Waals surface area (Å²) < 4.78 is 2.63. The zero-order chi connectivity index (χ0) is 13.2. The van der Waals surface area contributed by atoms with Crippen LogP contribution in [0.5, 0.6) is 0 Å². The number of fused-ring (bicyclic) bond motifs is 1. The van der Waals surface area contributed by atoms with Gasteiger partial charge in [-0.2, -0.15) is 0 Å². The normalized spacial score (nSPS) is 10.6. The molecule has 2 aromatic heterocycles. The fourth-order valence-electron chi connectivity index (χ4n) is 1.62. The van der Waals surface area contributed by atoms with Gasteiger partial charge in [0.1, 0.15) is 0 Å². The third-order valence-electron chi connectivity index (χ3n) is 2.50. The summed E-state index contributed by atoms with van der Waals surface area (Å²) >= 11 is 3.35. The number of carbonyl (C=O) groups excluding carboxylic acids is 1. The second-order valence-corrected chi connectivity index (χ2v) is 6.79. The van der Waals surface area contributed by atoms with Crippen LogP contribution in [-0.4, -0.2) is 30.4 Å². The molecular weight excluding hydrogens is 373 g/mol. The number of pyridine rings is 1. The number of carbonyl (C=O) groups is 1. The van der Waals surface area contributed by atoms with Crippen molar-refractivity contribution in [2.24, 2.45) is 0 Å². The zero-order valence-corrected chi connectivity index (χ0v) is 12.9. The van der Waals surface area contributed by atoms with E-state index >= 15 is 0 Å². The van der Waals surface area contributed by atoms with E-state index in [2.05, 4.69) is 31.2 Å². The number of amides is 1. The molecule has 1 N–H and O–H groups in total. The fraction of sp³-hybridized carbons (Fsp3) is 0. The summed E-state index contributed by atoms with van der Waals surface area (Å²) in [6.07, 6.45) is 1.71. The zero-order valence-electron chi connectivity index (χ0n) is 9.63. The standard InChI is InChI=1S/C13H8BrN3OSe/c14-11-6-10-9(7-15-11)16-13(19-10)17-12(18)8-4-2-1-3-5-8/h1-7H,(H,16,17,18). The van der Waals surface area contributed by atoms with Crippen LogP contribution in [0.3, 0.4) is 0 Å². The number of benzene rings is 1. The van der Waals surface area contributed by atoms with Crippen molar-refractivity contribution in [3.8, 4) is 0 Å². The van der Waals surface area contributed by atoms with E-state index < -0.39 is 0 Å². The van der Waals surface area contributed by atoms with Gasteiger partial charge in [-0.15, -0.1) is 0 Å². The Morgan fingerprint density at radius 3 is 2.84 bits per heavy atom. The van der Waals surface area contributed by atoms with Crippen molar-refractivity contribution in [1.82, 2.24) is 9.97 Å². The van der Waals surface area contributed by atoms with Crippen molar-refractivity contribution < 1.29 is 4.79 Å². The molecule has 0 unspecified atom stereocenters. The van der Waals surface area contributed by atoms with Gasteiger partial charge in [-0.1, -0.05) is 0 Å². The summed E-state index contributed by atoms with van der Waals surface area (Å²) in [7, 11) is 0. The molecule has 0 spiro atoms. The van der Waals surface area contributed by atoms with Crippen LogP contribution < -0.4 is 5.32 Å². The van der Waals surface area contributed by atoms with Crippen LogP contribution in [-0.2, 0) is 0 Å². The monoisotopic (exact) mass is 381 g/mol. The van der Waals surface area contributed by atoms with E-state index in [1.807, 2.05) is 24.3 Å². The van der Waals surface area contributed by atoms with E-state index in [1.54, 1.807) is 18.3 Å². The van der Waals surface area contributed by atoms with Crippen LogP contribution in [0, 0.1) is 0 Å². The third-order valence-corrected chi connectivity index (χ3v) is 4.89. The molecule has 1 amide bonds. The summed E-state index contributed by atoms with van der Waals surface area (Å²) in [5, 5.41) is 2.86. The number of aromatic nitrogens is 2. The Labute approximate surface area is 123 Å². The van der Waals surface area contributed by atoms with Crippen LogP contribution in [0.1, 0.15) is 10.4 Å². The Morgan fingerprint density at radius 1 is 1.26 bits per heavy atom. The first-order chi connectivity index (χ1) is 9.22. The second kappa shape index (κ2) is 5.25. The Morgan fingerprint density at radius 2 is 2.05 bits per heavy atom. The van der Waals surface area contributed by atoms with Gasteiger partial charge in [0, 0.05) is 0 Å². The maximum absolute atomic E-state index is 12.0. The van der Waals surface area contributed by atoms with E-state index in [9.17, 15) is 4.79 Å². The first kappa shape index (κ1) is 12.5. The first-order valence-electron chi connectivity index (χ1n) is 5.51. The molecule has 0 aliphatic heterocycles. The second-order valence-electron chi connectivity index (χ2n) is 3.81. The molecule has 1 aromatic carbocycles. The molecule has 4 nitrogen and oxygen atoms in total. The molecule has 0 aliphatic carbocycles. The summed E-state index contributed by atoms with van der Waals surface area (Å²) in [6, 6.07) is 11.1. The molecule has 0 fully saturated rings. The molecule has 19 heavy (non-hydrogen) atoms. The molecule has 0 radical (unpaired) electrons. The molecule has 0 atom stereocenters. The van der Waals surface area contributed by atoms with Gasteiger partial charge in [-0.25, -0.2) is 0 Å². The Bertz CT molecular complexity index is 742. The molecule has 3 rings (SSSR count). The predicted octanol–water partition coefficient (Wildman–Crippen LogP) is 2.70. The molecule has 0 saturated carbocycles. The van der Waals surface area contributed by atoms with E-state index in [4.69, 9.17) is 0 Å². The average molecular weight is 381 g/mol. The number of hydrogen-bond donors (Lipinski definition) is 1. The number of nitrogens with zero attached hydrogens (tertiary/aromatic N) is 2. The van der Waals surface area contributed by atoms with Crippen LogP contribution >= 0.6 is 15.9 Å². The Balaban J connectivity index is 1.87. The summed E-state index contributed by atoms with van der Waals surface area (Å²) in [6.45, 7) is 0. The van der Waals surface area contributed by atoms with Crippen LogP contribution in [0.25, 0.3) is 9.78 Å². The van der Waals surface area contributed by atoms with Gasteiger partial charge in [0.05, 0.1) is 0 Å². The summed E-state index contributed by atoms with van der Waals surface area (Å²) in [4.78, 5) is 20.5. The predicted molar refractivity (Wildman–Crippen MR) is 78.6 cm³/mol. The van der Waals surface area contributed by atoms with Crippen molar-refractivity contribution in [2.75, 3.05) is 5.32 Å². The number of anilines is 1. The van der Waals surface area contributed by atoms with Crippen LogP contribution in [0.15, 0.2) is 47.2 Å². The van der Waals surface area contributed by atoms with E-state index in [0.717, 1.165) is 19.1 Å². The van der Waals surface area contributed by atoms with Crippen LogP contribution in [0.4, 0.5) is 4.69 Å². The van der Waals surface area contributed by atoms with Gasteiger partial charge in [0.2, 0.25) is 0 Å². The van der Waals surface area contributed by atoms with E-state index in [0.29, 0.717) is 5.56 Å². The van der Waals surface area contributed by atoms with Crippen LogP contribution in [0.2, 0.25) is 0 Å². The molecular formula is C13H8BrN3OSe. The molecule has 0 saturated heterocycles. The van der Waals surface area contributed by atoms with Gasteiger partial charge in [0.25, 0.3) is 0 Å². The molecule has 3 aromatic rings. The quantitative estimate of drug-likeness (QED) is 0.549. The van der Waals surface area contributed by atoms with Crippen molar-refractivity contribution in [2.45, 2.75) is 0 Å². The van der Waals surface area contributed by atoms with Gasteiger partial charge >= 0.3 is 124 Å². The molecule has 6 heteroatoms. The molecule has 0 bridgehead atoms. The molecule has 2 heterocycles.